The van der Waals surface area contributed by atoms with Gasteiger partial charge in [0.05, 0.1) is 6.61 Å². The summed E-state index contributed by atoms with van der Waals surface area (Å²) in [7, 11) is 0. The Hall–Kier alpha value is -0.640. The molecule has 0 aliphatic carbocycles. The number of halogens is 1. The van der Waals surface area contributed by atoms with Crippen LogP contribution in [0.15, 0.2) is 10.7 Å². The van der Waals surface area contributed by atoms with Crippen molar-refractivity contribution >= 4 is 15.9 Å². The normalized spacial score (nSPS) is 10.7. The van der Waals surface area contributed by atoms with Crippen LogP contribution in [-0.2, 0) is 6.42 Å². The van der Waals surface area contributed by atoms with Gasteiger partial charge in [0.25, 0.3) is 0 Å². The predicted molar refractivity (Wildman–Crippen MR) is 64.1 cm³/mol. The van der Waals surface area contributed by atoms with Crippen LogP contribution in [0.1, 0.15) is 33.0 Å². The molecule has 0 saturated carbocycles. The van der Waals surface area contributed by atoms with E-state index in [-0.39, 0.29) is 0 Å². The van der Waals surface area contributed by atoms with E-state index in [4.69, 9.17) is 4.74 Å². The van der Waals surface area contributed by atoms with Crippen molar-refractivity contribution in [2.75, 3.05) is 6.61 Å². The van der Waals surface area contributed by atoms with E-state index >= 15 is 0 Å². The molecule has 0 aromatic carbocycles. The Bertz CT molecular complexity index is 315. The third-order valence-corrected chi connectivity index (χ3v) is 2.16. The van der Waals surface area contributed by atoms with Crippen LogP contribution in [0.4, 0.5) is 0 Å². The van der Waals surface area contributed by atoms with Crippen LogP contribution in [0.5, 0.6) is 5.88 Å². The van der Waals surface area contributed by atoms with Crippen LogP contribution in [0.25, 0.3) is 0 Å². The summed E-state index contributed by atoms with van der Waals surface area (Å²) in [6.45, 7) is 7.03. The maximum absolute atomic E-state index is 5.55. The SMILES string of the molecule is CCCc1nc(Br)cc(OCC(C)C)n1. The molecule has 0 aliphatic heterocycles. The van der Waals surface area contributed by atoms with E-state index < -0.39 is 0 Å². The van der Waals surface area contributed by atoms with Gasteiger partial charge < -0.3 is 4.74 Å². The number of ether oxygens (including phenoxy) is 1. The molecule has 0 bridgehead atoms. The fourth-order valence-electron chi connectivity index (χ4n) is 1.10. The highest BCUT2D eigenvalue weighted by Gasteiger charge is 2.04. The Morgan fingerprint density at radius 2 is 2.13 bits per heavy atom. The molecule has 0 fully saturated rings. The van der Waals surface area contributed by atoms with E-state index in [1.54, 1.807) is 0 Å². The maximum Gasteiger partial charge on any atom is 0.217 e. The van der Waals surface area contributed by atoms with Crippen molar-refractivity contribution in [1.82, 2.24) is 9.97 Å². The molecule has 1 aromatic rings. The lowest BCUT2D eigenvalue weighted by molar-refractivity contribution is 0.260. The molecular formula is C11H17BrN2O. The molecule has 0 aliphatic rings. The Morgan fingerprint density at radius 3 is 2.73 bits per heavy atom. The second-order valence-electron chi connectivity index (χ2n) is 3.90. The largest absolute Gasteiger partial charge is 0.477 e. The number of aromatic nitrogens is 2. The van der Waals surface area contributed by atoms with Gasteiger partial charge in [-0.2, -0.15) is 4.98 Å². The fraction of sp³-hybridized carbons (Fsp3) is 0.636. The first kappa shape index (κ1) is 12.4. The number of hydrogen-bond donors (Lipinski definition) is 0. The van der Waals surface area contributed by atoms with Crippen molar-refractivity contribution in [3.8, 4) is 5.88 Å². The second kappa shape index (κ2) is 6.05. The van der Waals surface area contributed by atoms with Crippen LogP contribution in [-0.4, -0.2) is 16.6 Å². The van der Waals surface area contributed by atoms with E-state index in [0.29, 0.717) is 18.4 Å². The van der Waals surface area contributed by atoms with E-state index in [1.807, 2.05) is 6.07 Å². The molecular weight excluding hydrogens is 256 g/mol. The molecule has 0 unspecified atom stereocenters. The first-order valence-corrected chi connectivity index (χ1v) is 6.07. The monoisotopic (exact) mass is 272 g/mol. The third-order valence-electron chi connectivity index (χ3n) is 1.76. The van der Waals surface area contributed by atoms with Crippen LogP contribution < -0.4 is 4.74 Å². The van der Waals surface area contributed by atoms with Gasteiger partial charge in [0.2, 0.25) is 5.88 Å². The molecule has 0 spiro atoms. The van der Waals surface area contributed by atoms with Crippen LogP contribution in [0.3, 0.4) is 0 Å². The molecule has 0 saturated heterocycles. The molecule has 0 N–H and O–H groups in total. The summed E-state index contributed by atoms with van der Waals surface area (Å²) in [5.41, 5.74) is 0. The summed E-state index contributed by atoms with van der Waals surface area (Å²) in [4.78, 5) is 8.61. The van der Waals surface area contributed by atoms with Gasteiger partial charge in [0.15, 0.2) is 0 Å². The highest BCUT2D eigenvalue weighted by molar-refractivity contribution is 9.10. The summed E-state index contributed by atoms with van der Waals surface area (Å²) in [5.74, 6) is 2.01. The van der Waals surface area contributed by atoms with E-state index in [9.17, 15) is 0 Å². The minimum atomic E-state index is 0.508. The molecule has 1 heterocycles. The predicted octanol–water partition coefficient (Wildman–Crippen LogP) is 3.23. The summed E-state index contributed by atoms with van der Waals surface area (Å²) < 4.78 is 6.35. The van der Waals surface area contributed by atoms with Crippen molar-refractivity contribution in [1.29, 1.82) is 0 Å². The quantitative estimate of drug-likeness (QED) is 0.772. The average Bonchev–Trinajstić information content (AvgIpc) is 2.14. The molecule has 1 aromatic heterocycles. The summed E-state index contributed by atoms with van der Waals surface area (Å²) >= 11 is 3.36. The topological polar surface area (TPSA) is 35.0 Å². The lowest BCUT2D eigenvalue weighted by Gasteiger charge is -2.08. The average molecular weight is 273 g/mol. The summed E-state index contributed by atoms with van der Waals surface area (Å²) in [6.07, 6.45) is 1.93. The second-order valence-corrected chi connectivity index (χ2v) is 4.71. The number of aryl methyl sites for hydroxylation is 1. The van der Waals surface area contributed by atoms with Crippen molar-refractivity contribution in [3.63, 3.8) is 0 Å². The number of hydrogen-bond acceptors (Lipinski definition) is 3. The highest BCUT2D eigenvalue weighted by Crippen LogP contribution is 2.15. The third kappa shape index (κ3) is 4.60. The molecule has 0 atom stereocenters. The van der Waals surface area contributed by atoms with Crippen molar-refractivity contribution in [2.24, 2.45) is 5.92 Å². The minimum absolute atomic E-state index is 0.508. The first-order chi connectivity index (χ1) is 7.11. The molecule has 1 rings (SSSR count). The lowest BCUT2D eigenvalue weighted by Crippen LogP contribution is -2.07. The first-order valence-electron chi connectivity index (χ1n) is 5.28. The van der Waals surface area contributed by atoms with Gasteiger partial charge >= 0.3 is 0 Å². The summed E-state index contributed by atoms with van der Waals surface area (Å²) in [6, 6.07) is 1.81. The van der Waals surface area contributed by atoms with Crippen LogP contribution >= 0.6 is 15.9 Å². The molecule has 0 amide bonds. The van der Waals surface area contributed by atoms with Gasteiger partial charge in [0, 0.05) is 12.5 Å². The van der Waals surface area contributed by atoms with E-state index in [2.05, 4.69) is 46.7 Å². The van der Waals surface area contributed by atoms with E-state index in [0.717, 1.165) is 23.3 Å². The van der Waals surface area contributed by atoms with Crippen molar-refractivity contribution < 1.29 is 4.74 Å². The lowest BCUT2D eigenvalue weighted by atomic mass is 10.2. The van der Waals surface area contributed by atoms with Gasteiger partial charge in [-0.1, -0.05) is 20.8 Å². The van der Waals surface area contributed by atoms with Gasteiger partial charge in [-0.25, -0.2) is 4.98 Å². The molecule has 0 radical (unpaired) electrons. The molecule has 15 heavy (non-hydrogen) atoms. The van der Waals surface area contributed by atoms with Crippen molar-refractivity contribution in [2.45, 2.75) is 33.6 Å². The maximum atomic E-state index is 5.55. The number of rotatable bonds is 5. The van der Waals surface area contributed by atoms with Crippen LogP contribution in [0.2, 0.25) is 0 Å². The Balaban J connectivity index is 2.70. The van der Waals surface area contributed by atoms with Crippen LogP contribution in [0, 0.1) is 5.92 Å². The summed E-state index contributed by atoms with van der Waals surface area (Å²) in [5, 5.41) is 0. The molecule has 4 heteroatoms. The highest BCUT2D eigenvalue weighted by atomic mass is 79.9. The fourth-order valence-corrected chi connectivity index (χ4v) is 1.50. The Kier molecular flexibility index (Phi) is 5.02. The smallest absolute Gasteiger partial charge is 0.217 e. The Labute approximate surface area is 99.4 Å². The van der Waals surface area contributed by atoms with Gasteiger partial charge in [0.1, 0.15) is 10.4 Å². The zero-order valence-electron chi connectivity index (χ0n) is 9.46. The number of nitrogens with zero attached hydrogens (tertiary/aromatic N) is 2. The minimum Gasteiger partial charge on any atom is -0.477 e. The molecule has 84 valence electrons. The Morgan fingerprint density at radius 1 is 1.40 bits per heavy atom. The van der Waals surface area contributed by atoms with Gasteiger partial charge in [-0.05, 0) is 28.3 Å². The van der Waals surface area contributed by atoms with E-state index in [1.165, 1.54) is 0 Å². The zero-order chi connectivity index (χ0) is 11.3. The van der Waals surface area contributed by atoms with Gasteiger partial charge in [-0.3, -0.25) is 0 Å². The van der Waals surface area contributed by atoms with Gasteiger partial charge in [-0.15, -0.1) is 0 Å². The zero-order valence-corrected chi connectivity index (χ0v) is 11.0. The standard InChI is InChI=1S/C11H17BrN2O/c1-4-5-10-13-9(12)6-11(14-10)15-7-8(2)3/h6,8H,4-5,7H2,1-3H3. The van der Waals surface area contributed by atoms with Crippen molar-refractivity contribution in [3.05, 3.63) is 16.5 Å². The molecule has 3 nitrogen and oxygen atoms in total.